The molecule has 2 aromatic rings. The molecule has 0 radical (unpaired) electrons. The first-order valence-electron chi connectivity index (χ1n) is 5.63. The Hall–Kier alpha value is -2.56. The molecular formula is C14H13FN2O2. The SMILES string of the molecule is NC(=O)c1ccc(N)c(OCc2ccccc2F)c1. The van der Waals surface area contributed by atoms with E-state index in [4.69, 9.17) is 16.2 Å². The second-order valence-corrected chi connectivity index (χ2v) is 4.00. The lowest BCUT2D eigenvalue weighted by molar-refractivity contribution is 0.1000. The third-order valence-electron chi connectivity index (χ3n) is 2.64. The van der Waals surface area contributed by atoms with Gasteiger partial charge in [0.2, 0.25) is 5.91 Å². The maximum absolute atomic E-state index is 13.4. The predicted molar refractivity (Wildman–Crippen MR) is 70.1 cm³/mol. The molecule has 0 fully saturated rings. The van der Waals surface area contributed by atoms with Crippen molar-refractivity contribution in [3.05, 3.63) is 59.4 Å². The molecule has 0 bridgehead atoms. The summed E-state index contributed by atoms with van der Waals surface area (Å²) >= 11 is 0. The topological polar surface area (TPSA) is 78.3 Å². The zero-order valence-electron chi connectivity index (χ0n) is 10.1. The number of ether oxygens (including phenoxy) is 1. The number of anilines is 1. The standard InChI is InChI=1S/C14H13FN2O2/c15-11-4-2-1-3-10(11)8-19-13-7-9(14(17)18)5-6-12(13)16/h1-7H,8,16H2,(H2,17,18). The highest BCUT2D eigenvalue weighted by Crippen LogP contribution is 2.24. The maximum Gasteiger partial charge on any atom is 0.248 e. The van der Waals surface area contributed by atoms with Gasteiger partial charge in [0, 0.05) is 11.1 Å². The summed E-state index contributed by atoms with van der Waals surface area (Å²) in [7, 11) is 0. The van der Waals surface area contributed by atoms with Crippen molar-refractivity contribution in [3.63, 3.8) is 0 Å². The van der Waals surface area contributed by atoms with E-state index in [1.54, 1.807) is 18.2 Å². The van der Waals surface area contributed by atoms with Crippen LogP contribution < -0.4 is 16.2 Å². The minimum atomic E-state index is -0.573. The Morgan fingerprint density at radius 3 is 2.63 bits per heavy atom. The molecule has 5 heteroatoms. The minimum absolute atomic E-state index is 0.0269. The Labute approximate surface area is 109 Å². The molecule has 98 valence electrons. The summed E-state index contributed by atoms with van der Waals surface area (Å²) in [6.07, 6.45) is 0. The fourth-order valence-corrected chi connectivity index (χ4v) is 1.58. The highest BCUT2D eigenvalue weighted by atomic mass is 19.1. The van der Waals surface area contributed by atoms with Crippen LogP contribution in [0.15, 0.2) is 42.5 Å². The molecule has 19 heavy (non-hydrogen) atoms. The predicted octanol–water partition coefficient (Wildman–Crippen LogP) is 2.09. The van der Waals surface area contributed by atoms with Crippen LogP contribution in [0.1, 0.15) is 15.9 Å². The molecule has 0 saturated heterocycles. The van der Waals surface area contributed by atoms with Crippen molar-refractivity contribution in [2.24, 2.45) is 5.73 Å². The summed E-state index contributed by atoms with van der Waals surface area (Å²) in [5.74, 6) is -0.623. The van der Waals surface area contributed by atoms with Gasteiger partial charge in [0.1, 0.15) is 18.2 Å². The summed E-state index contributed by atoms with van der Waals surface area (Å²) in [4.78, 5) is 11.1. The van der Waals surface area contributed by atoms with Gasteiger partial charge >= 0.3 is 0 Å². The van der Waals surface area contributed by atoms with Crippen LogP contribution in [-0.2, 0) is 6.61 Å². The van der Waals surface area contributed by atoms with Gasteiger partial charge in [-0.15, -0.1) is 0 Å². The molecule has 1 amide bonds. The van der Waals surface area contributed by atoms with Crippen molar-refractivity contribution in [1.82, 2.24) is 0 Å². The number of hydrogen-bond donors (Lipinski definition) is 2. The molecule has 0 atom stereocenters. The fraction of sp³-hybridized carbons (Fsp3) is 0.0714. The first kappa shape index (κ1) is 12.9. The van der Waals surface area contributed by atoms with Crippen molar-refractivity contribution in [1.29, 1.82) is 0 Å². The van der Waals surface area contributed by atoms with Gasteiger partial charge in [0.25, 0.3) is 0 Å². The van der Waals surface area contributed by atoms with Crippen molar-refractivity contribution < 1.29 is 13.9 Å². The number of nitrogens with two attached hydrogens (primary N) is 2. The molecule has 4 N–H and O–H groups in total. The quantitative estimate of drug-likeness (QED) is 0.826. The highest BCUT2D eigenvalue weighted by molar-refractivity contribution is 5.93. The minimum Gasteiger partial charge on any atom is -0.487 e. The first-order chi connectivity index (χ1) is 9.08. The number of hydrogen-bond acceptors (Lipinski definition) is 3. The monoisotopic (exact) mass is 260 g/mol. The number of benzene rings is 2. The van der Waals surface area contributed by atoms with E-state index in [1.165, 1.54) is 24.3 Å². The van der Waals surface area contributed by atoms with Crippen LogP contribution >= 0.6 is 0 Å². The number of carbonyl (C=O) groups excluding carboxylic acids is 1. The Balaban J connectivity index is 2.17. The van der Waals surface area contributed by atoms with Crippen molar-refractivity contribution in [2.75, 3.05) is 5.73 Å². The van der Waals surface area contributed by atoms with Gasteiger partial charge in [0.15, 0.2) is 0 Å². The maximum atomic E-state index is 13.4. The van der Waals surface area contributed by atoms with Crippen LogP contribution in [0.25, 0.3) is 0 Å². The Kier molecular flexibility index (Phi) is 3.66. The fourth-order valence-electron chi connectivity index (χ4n) is 1.58. The lowest BCUT2D eigenvalue weighted by Crippen LogP contribution is -2.11. The summed E-state index contributed by atoms with van der Waals surface area (Å²) in [6.45, 7) is 0.0269. The molecule has 0 unspecified atom stereocenters. The van der Waals surface area contributed by atoms with Gasteiger partial charge < -0.3 is 16.2 Å². The van der Waals surface area contributed by atoms with Crippen molar-refractivity contribution in [3.8, 4) is 5.75 Å². The Morgan fingerprint density at radius 1 is 1.21 bits per heavy atom. The highest BCUT2D eigenvalue weighted by Gasteiger charge is 2.08. The molecular weight excluding hydrogens is 247 g/mol. The van der Waals surface area contributed by atoms with E-state index in [0.29, 0.717) is 17.0 Å². The first-order valence-corrected chi connectivity index (χ1v) is 5.63. The normalized spacial score (nSPS) is 10.2. The smallest absolute Gasteiger partial charge is 0.248 e. The van der Waals surface area contributed by atoms with E-state index in [9.17, 15) is 9.18 Å². The zero-order valence-corrected chi connectivity index (χ0v) is 10.1. The molecule has 0 aliphatic heterocycles. The van der Waals surface area contributed by atoms with E-state index in [1.807, 2.05) is 0 Å². The van der Waals surface area contributed by atoms with Crippen LogP contribution in [0.4, 0.5) is 10.1 Å². The van der Waals surface area contributed by atoms with E-state index >= 15 is 0 Å². The van der Waals surface area contributed by atoms with Crippen molar-refractivity contribution in [2.45, 2.75) is 6.61 Å². The third kappa shape index (κ3) is 3.01. The zero-order chi connectivity index (χ0) is 13.8. The molecule has 0 aliphatic rings. The number of primary amides is 1. The molecule has 2 rings (SSSR count). The molecule has 2 aromatic carbocycles. The average molecular weight is 260 g/mol. The molecule has 0 aliphatic carbocycles. The number of amides is 1. The van der Waals surface area contributed by atoms with Gasteiger partial charge in [0.05, 0.1) is 5.69 Å². The van der Waals surface area contributed by atoms with Crippen LogP contribution in [-0.4, -0.2) is 5.91 Å². The number of rotatable bonds is 4. The van der Waals surface area contributed by atoms with E-state index in [0.717, 1.165) is 0 Å². The van der Waals surface area contributed by atoms with Crippen LogP contribution in [0.5, 0.6) is 5.75 Å². The third-order valence-corrected chi connectivity index (χ3v) is 2.64. The second kappa shape index (κ2) is 5.39. The Bertz CT molecular complexity index is 614. The summed E-state index contributed by atoms with van der Waals surface area (Å²) < 4.78 is 18.8. The lowest BCUT2D eigenvalue weighted by Gasteiger charge is -2.10. The summed E-state index contributed by atoms with van der Waals surface area (Å²) in [5.41, 5.74) is 12.0. The van der Waals surface area contributed by atoms with Crippen LogP contribution in [0, 0.1) is 5.82 Å². The summed E-state index contributed by atoms with van der Waals surface area (Å²) in [6, 6.07) is 10.8. The van der Waals surface area contributed by atoms with Gasteiger partial charge in [-0.3, -0.25) is 4.79 Å². The lowest BCUT2D eigenvalue weighted by atomic mass is 10.2. The second-order valence-electron chi connectivity index (χ2n) is 4.00. The Morgan fingerprint density at radius 2 is 1.95 bits per heavy atom. The van der Waals surface area contributed by atoms with Gasteiger partial charge in [-0.2, -0.15) is 0 Å². The van der Waals surface area contributed by atoms with Crippen molar-refractivity contribution >= 4 is 11.6 Å². The van der Waals surface area contributed by atoms with Crippen LogP contribution in [0.3, 0.4) is 0 Å². The number of halogens is 1. The van der Waals surface area contributed by atoms with Gasteiger partial charge in [-0.25, -0.2) is 4.39 Å². The van der Waals surface area contributed by atoms with E-state index in [-0.39, 0.29) is 18.0 Å². The molecule has 0 heterocycles. The van der Waals surface area contributed by atoms with Gasteiger partial charge in [-0.05, 0) is 24.3 Å². The number of nitrogen functional groups attached to an aromatic ring is 1. The molecule has 0 aromatic heterocycles. The van der Waals surface area contributed by atoms with Crippen LogP contribution in [0.2, 0.25) is 0 Å². The molecule has 0 spiro atoms. The summed E-state index contributed by atoms with van der Waals surface area (Å²) in [5, 5.41) is 0. The largest absolute Gasteiger partial charge is 0.487 e. The molecule has 4 nitrogen and oxygen atoms in total. The average Bonchev–Trinajstić information content (AvgIpc) is 2.39. The van der Waals surface area contributed by atoms with Gasteiger partial charge in [-0.1, -0.05) is 18.2 Å². The van der Waals surface area contributed by atoms with E-state index < -0.39 is 5.91 Å². The number of carbonyl (C=O) groups is 1. The molecule has 0 saturated carbocycles. The van der Waals surface area contributed by atoms with E-state index in [2.05, 4.69) is 0 Å².